The summed E-state index contributed by atoms with van der Waals surface area (Å²) in [6.07, 6.45) is -2.19. The van der Waals surface area contributed by atoms with Gasteiger partial charge in [0.25, 0.3) is 0 Å². The molecular weight excluding hydrogens is 495 g/mol. The lowest BCUT2D eigenvalue weighted by Crippen LogP contribution is -2.64. The zero-order valence-electron chi connectivity index (χ0n) is 18.9. The first-order valence-corrected chi connectivity index (χ1v) is 12.3. The molecule has 0 saturated carbocycles. The molecule has 178 valence electrons. The molecule has 0 fully saturated rings. The lowest BCUT2D eigenvalue weighted by Gasteiger charge is -2.56. The Morgan fingerprint density at radius 3 is 1.08 bits per heavy atom. The monoisotopic (exact) mass is 514 g/mol. The van der Waals surface area contributed by atoms with Crippen LogP contribution in [0.3, 0.4) is 0 Å². The van der Waals surface area contributed by atoms with Gasteiger partial charge in [-0.2, -0.15) is 0 Å². The Kier molecular flexibility index (Phi) is 5.40. The first-order valence-electron chi connectivity index (χ1n) is 11.6. The van der Waals surface area contributed by atoms with Crippen LogP contribution in [-0.4, -0.2) is 24.1 Å². The van der Waals surface area contributed by atoms with Crippen LogP contribution in [0.5, 0.6) is 0 Å². The molecule has 2 bridgehead atoms. The number of ether oxygens (including phenoxy) is 2. The molecule has 2 atom stereocenters. The summed E-state index contributed by atoms with van der Waals surface area (Å²) >= 11 is 15.0. The van der Waals surface area contributed by atoms with E-state index in [9.17, 15) is 9.59 Å². The first kappa shape index (κ1) is 22.8. The van der Waals surface area contributed by atoms with Gasteiger partial charge >= 0.3 is 11.9 Å². The summed E-state index contributed by atoms with van der Waals surface area (Å²) < 4.78 is 12.2. The van der Waals surface area contributed by atoms with E-state index in [0.717, 1.165) is 22.3 Å². The highest BCUT2D eigenvalue weighted by atomic mass is 35.5. The number of benzene rings is 4. The molecule has 2 unspecified atom stereocenters. The number of halogens is 2. The molecule has 3 aliphatic rings. The maximum Gasteiger partial charge on any atom is 0.338 e. The maximum atomic E-state index is 13.3. The van der Waals surface area contributed by atoms with Gasteiger partial charge in [-0.15, -0.1) is 23.2 Å². The molecule has 0 heterocycles. The van der Waals surface area contributed by atoms with Crippen molar-refractivity contribution in [1.82, 2.24) is 0 Å². The predicted molar refractivity (Wildman–Crippen MR) is 137 cm³/mol. The molecule has 0 aliphatic heterocycles. The molecular formula is C30H20Cl2O4. The molecule has 0 saturated heterocycles. The van der Waals surface area contributed by atoms with Crippen LogP contribution in [0.4, 0.5) is 0 Å². The van der Waals surface area contributed by atoms with E-state index in [4.69, 9.17) is 32.7 Å². The number of hydrogen-bond donors (Lipinski definition) is 0. The quantitative estimate of drug-likeness (QED) is 0.232. The zero-order valence-corrected chi connectivity index (χ0v) is 20.4. The fraction of sp³-hybridized carbons (Fsp3) is 0.133. The molecule has 0 aromatic heterocycles. The van der Waals surface area contributed by atoms with Crippen LogP contribution in [0.1, 0.15) is 43.0 Å². The molecule has 4 nitrogen and oxygen atoms in total. The third-order valence-corrected chi connectivity index (χ3v) is 8.21. The van der Waals surface area contributed by atoms with Gasteiger partial charge in [0.1, 0.15) is 9.75 Å². The number of alkyl halides is 2. The predicted octanol–water partition coefficient (Wildman–Crippen LogP) is 6.43. The summed E-state index contributed by atoms with van der Waals surface area (Å²) in [7, 11) is 0. The SMILES string of the molecule is O=C(OC1C(OC(=O)c2ccccc2)C2(Cl)c3ccccc3C1(Cl)c1ccccc12)c1ccccc1. The van der Waals surface area contributed by atoms with Crippen molar-refractivity contribution >= 4 is 35.1 Å². The summed E-state index contributed by atoms with van der Waals surface area (Å²) in [5, 5.41) is 0. The van der Waals surface area contributed by atoms with Crippen molar-refractivity contribution in [3.05, 3.63) is 143 Å². The second-order valence-electron chi connectivity index (χ2n) is 8.90. The Morgan fingerprint density at radius 1 is 0.500 bits per heavy atom. The van der Waals surface area contributed by atoms with E-state index < -0.39 is 33.9 Å². The molecule has 4 aromatic carbocycles. The van der Waals surface area contributed by atoms with Crippen molar-refractivity contribution in [3.8, 4) is 0 Å². The van der Waals surface area contributed by atoms with E-state index in [0.29, 0.717) is 11.1 Å². The van der Waals surface area contributed by atoms with Gasteiger partial charge in [0.15, 0.2) is 12.2 Å². The Bertz CT molecular complexity index is 1310. The summed E-state index contributed by atoms with van der Waals surface area (Å²) in [6.45, 7) is 0. The van der Waals surface area contributed by atoms with Crippen LogP contribution in [0.15, 0.2) is 109 Å². The number of carbonyl (C=O) groups excluding carboxylic acids is 2. The van der Waals surface area contributed by atoms with Gasteiger partial charge in [0.05, 0.1) is 11.1 Å². The van der Waals surface area contributed by atoms with Gasteiger partial charge in [-0.05, 0) is 46.5 Å². The smallest absolute Gasteiger partial charge is 0.338 e. The van der Waals surface area contributed by atoms with E-state index >= 15 is 0 Å². The van der Waals surface area contributed by atoms with E-state index in [-0.39, 0.29) is 0 Å². The minimum atomic E-state index is -1.32. The summed E-state index contributed by atoms with van der Waals surface area (Å²) in [4.78, 5) is 23.9. The summed E-state index contributed by atoms with van der Waals surface area (Å²) in [5.41, 5.74) is 3.60. The average molecular weight is 515 g/mol. The van der Waals surface area contributed by atoms with Gasteiger partial charge < -0.3 is 9.47 Å². The highest BCUT2D eigenvalue weighted by Crippen LogP contribution is 2.64. The number of carbonyl (C=O) groups is 2. The van der Waals surface area contributed by atoms with Crippen molar-refractivity contribution in [2.75, 3.05) is 0 Å². The molecule has 4 aromatic rings. The van der Waals surface area contributed by atoms with E-state index in [1.807, 2.05) is 60.7 Å². The van der Waals surface area contributed by atoms with Crippen molar-refractivity contribution in [2.45, 2.75) is 22.0 Å². The minimum absolute atomic E-state index is 0.359. The van der Waals surface area contributed by atoms with Crippen LogP contribution in [0.25, 0.3) is 0 Å². The molecule has 0 spiro atoms. The molecule has 3 aliphatic carbocycles. The Labute approximate surface area is 218 Å². The lowest BCUT2D eigenvalue weighted by atomic mass is 9.59. The molecule has 0 N–H and O–H groups in total. The second-order valence-corrected chi connectivity index (χ2v) is 10.1. The van der Waals surface area contributed by atoms with Crippen molar-refractivity contribution in [2.24, 2.45) is 0 Å². The molecule has 0 amide bonds. The number of esters is 2. The average Bonchev–Trinajstić information content (AvgIpc) is 2.93. The molecule has 36 heavy (non-hydrogen) atoms. The van der Waals surface area contributed by atoms with Crippen molar-refractivity contribution in [1.29, 1.82) is 0 Å². The third-order valence-electron chi connectivity index (χ3n) is 6.97. The molecule has 6 heteroatoms. The van der Waals surface area contributed by atoms with Gasteiger partial charge in [-0.25, -0.2) is 9.59 Å². The van der Waals surface area contributed by atoms with Gasteiger partial charge in [-0.1, -0.05) is 84.9 Å². The standard InChI is InChI=1S/C30H20Cl2O4/c31-29-21-15-7-9-17-23(21)30(32,24-18-10-8-16-22(24)29)26(36-28(34)20-13-5-2-6-14-20)25(29)35-27(33)19-11-3-1-4-12-19/h1-18,25-26H. The summed E-state index contributed by atoms with van der Waals surface area (Å²) in [5.74, 6) is -1.16. The summed E-state index contributed by atoms with van der Waals surface area (Å²) in [6, 6.07) is 32.3. The highest BCUT2D eigenvalue weighted by molar-refractivity contribution is 6.32. The Hall–Kier alpha value is -3.60. The van der Waals surface area contributed by atoms with Crippen LogP contribution in [0.2, 0.25) is 0 Å². The number of fused-ring (bicyclic) bond motifs is 1. The number of hydrogen-bond acceptors (Lipinski definition) is 4. The van der Waals surface area contributed by atoms with Crippen LogP contribution >= 0.6 is 23.2 Å². The van der Waals surface area contributed by atoms with E-state index in [1.165, 1.54) is 0 Å². The van der Waals surface area contributed by atoms with Gasteiger partial charge in [-0.3, -0.25) is 0 Å². The molecule has 7 rings (SSSR count). The lowest BCUT2D eigenvalue weighted by molar-refractivity contribution is -0.0690. The zero-order chi connectivity index (χ0) is 24.9. The van der Waals surface area contributed by atoms with Crippen molar-refractivity contribution < 1.29 is 19.1 Å². The van der Waals surface area contributed by atoms with Crippen molar-refractivity contribution in [3.63, 3.8) is 0 Å². The van der Waals surface area contributed by atoms with E-state index in [1.54, 1.807) is 48.5 Å². The van der Waals surface area contributed by atoms with Gasteiger partial charge in [0, 0.05) is 0 Å². The largest absolute Gasteiger partial charge is 0.452 e. The molecule has 0 radical (unpaired) electrons. The fourth-order valence-electron chi connectivity index (χ4n) is 5.36. The Balaban J connectivity index is 1.54. The fourth-order valence-corrected chi connectivity index (χ4v) is 6.33. The second kappa shape index (κ2) is 8.51. The van der Waals surface area contributed by atoms with Crippen LogP contribution in [-0.2, 0) is 19.2 Å². The highest BCUT2D eigenvalue weighted by Gasteiger charge is 2.68. The van der Waals surface area contributed by atoms with Crippen LogP contribution < -0.4 is 0 Å². The Morgan fingerprint density at radius 2 is 0.778 bits per heavy atom. The first-order chi connectivity index (χ1) is 17.5. The third kappa shape index (κ3) is 3.22. The normalized spacial score (nSPS) is 25.4. The van der Waals surface area contributed by atoms with Crippen LogP contribution in [0, 0.1) is 0 Å². The van der Waals surface area contributed by atoms with E-state index in [2.05, 4.69) is 0 Å². The van der Waals surface area contributed by atoms with Gasteiger partial charge in [0.2, 0.25) is 0 Å². The topological polar surface area (TPSA) is 52.6 Å². The minimum Gasteiger partial charge on any atom is -0.452 e. The number of rotatable bonds is 4. The maximum absolute atomic E-state index is 13.3.